The second-order valence-electron chi connectivity index (χ2n) is 5.67. The van der Waals surface area contributed by atoms with Crippen LogP contribution in [0.25, 0.3) is 0 Å². The van der Waals surface area contributed by atoms with Gasteiger partial charge in [-0.1, -0.05) is 26.0 Å². The van der Waals surface area contributed by atoms with Gasteiger partial charge >= 0.3 is 0 Å². The highest BCUT2D eigenvalue weighted by molar-refractivity contribution is 7.94. The first kappa shape index (κ1) is 18.4. The first-order valence-electron chi connectivity index (χ1n) is 7.23. The average molecular weight is 372 g/mol. The molecule has 2 N–H and O–H groups in total. The van der Waals surface area contributed by atoms with E-state index >= 15 is 0 Å². The van der Waals surface area contributed by atoms with Crippen molar-refractivity contribution in [3.8, 4) is 0 Å². The maximum Gasteiger partial charge on any atom is 0.264 e. The summed E-state index contributed by atoms with van der Waals surface area (Å²) in [4.78, 5) is -0.624. The van der Waals surface area contributed by atoms with E-state index in [0.717, 1.165) is 0 Å². The highest BCUT2D eigenvalue weighted by Crippen LogP contribution is 2.22. The van der Waals surface area contributed by atoms with E-state index < -0.39 is 20.0 Å². The molecular weight excluding hydrogens is 352 g/mol. The summed E-state index contributed by atoms with van der Waals surface area (Å²) in [6, 6.07) is 6.93. The van der Waals surface area contributed by atoms with Gasteiger partial charge in [0.1, 0.15) is 9.79 Å². The second kappa shape index (κ2) is 6.91. The lowest BCUT2D eigenvalue weighted by Crippen LogP contribution is -2.29. The predicted octanol–water partition coefficient (Wildman–Crippen LogP) is 1.16. The van der Waals surface area contributed by atoms with Gasteiger partial charge in [-0.25, -0.2) is 21.6 Å². The zero-order valence-corrected chi connectivity index (χ0v) is 15.2. The van der Waals surface area contributed by atoms with Crippen LogP contribution in [0.1, 0.15) is 13.8 Å². The molecular formula is C14H20N4O4S2. The average Bonchev–Trinajstić information content (AvgIpc) is 2.90. The first-order valence-corrected chi connectivity index (χ1v) is 10.2. The van der Waals surface area contributed by atoms with Crippen LogP contribution >= 0.6 is 0 Å². The molecule has 2 rings (SSSR count). The van der Waals surface area contributed by atoms with Gasteiger partial charge < -0.3 is 0 Å². The van der Waals surface area contributed by atoms with Gasteiger partial charge in [-0.3, -0.25) is 9.40 Å². The van der Waals surface area contributed by atoms with Crippen molar-refractivity contribution in [3.05, 3.63) is 36.5 Å². The number of rotatable bonds is 7. The highest BCUT2D eigenvalue weighted by Gasteiger charge is 2.26. The van der Waals surface area contributed by atoms with Crippen LogP contribution in [0.3, 0.4) is 0 Å². The minimum absolute atomic E-state index is 0.0928. The van der Waals surface area contributed by atoms with E-state index in [1.807, 2.05) is 13.8 Å². The molecule has 1 heterocycles. The summed E-state index contributed by atoms with van der Waals surface area (Å²) in [5, 5.41) is 3.93. The summed E-state index contributed by atoms with van der Waals surface area (Å²) in [7, 11) is -6.40. The van der Waals surface area contributed by atoms with Crippen LogP contribution in [0.2, 0.25) is 0 Å². The number of nitrogens with zero attached hydrogens (tertiary/aromatic N) is 2. The number of aromatic nitrogens is 2. The Morgan fingerprint density at radius 3 is 2.12 bits per heavy atom. The van der Waals surface area contributed by atoms with Crippen molar-refractivity contribution >= 4 is 25.9 Å². The molecule has 0 bridgehead atoms. The van der Waals surface area contributed by atoms with Gasteiger partial charge in [0.15, 0.2) is 5.82 Å². The van der Waals surface area contributed by atoms with Crippen molar-refractivity contribution in [1.29, 1.82) is 0 Å². The summed E-state index contributed by atoms with van der Waals surface area (Å²) in [6.07, 6.45) is 1.57. The summed E-state index contributed by atoms with van der Waals surface area (Å²) in [6.45, 7) is 3.92. The number of sulfonamides is 2. The lowest BCUT2D eigenvalue weighted by atomic mass is 10.2. The Bertz CT molecular complexity index is 918. The number of hydrogen-bond acceptors (Lipinski definition) is 5. The third kappa shape index (κ3) is 4.34. The molecule has 1 aromatic heterocycles. The molecule has 0 aliphatic rings. The zero-order valence-electron chi connectivity index (χ0n) is 13.6. The van der Waals surface area contributed by atoms with Crippen LogP contribution in [0, 0.1) is 5.92 Å². The summed E-state index contributed by atoms with van der Waals surface area (Å²) in [5.74, 6) is 0.204. The smallest absolute Gasteiger partial charge is 0.264 e. The molecule has 0 aliphatic heterocycles. The topological polar surface area (TPSA) is 110 Å². The number of hydrogen-bond donors (Lipinski definition) is 2. The SMILES string of the molecule is CC(C)CNS(=O)(=O)c1ccccc1S(=O)(=O)Nc1ccn(C)n1. The fraction of sp³-hybridized carbons (Fsp3) is 0.357. The molecule has 0 aliphatic carbocycles. The third-order valence-corrected chi connectivity index (χ3v) is 6.09. The molecule has 10 heteroatoms. The van der Waals surface area contributed by atoms with Crippen LogP contribution in [-0.4, -0.2) is 33.2 Å². The van der Waals surface area contributed by atoms with Crippen LogP contribution in [-0.2, 0) is 27.1 Å². The Balaban J connectivity index is 2.41. The van der Waals surface area contributed by atoms with Crippen molar-refractivity contribution in [2.24, 2.45) is 13.0 Å². The van der Waals surface area contributed by atoms with E-state index in [1.165, 1.54) is 35.0 Å². The first-order chi connectivity index (χ1) is 11.1. The Kier molecular flexibility index (Phi) is 5.31. The Morgan fingerprint density at radius 1 is 1.04 bits per heavy atom. The van der Waals surface area contributed by atoms with Crippen LogP contribution in [0.4, 0.5) is 5.82 Å². The number of aryl methyl sites for hydroxylation is 1. The lowest BCUT2D eigenvalue weighted by Gasteiger charge is -2.13. The molecule has 0 fully saturated rings. The van der Waals surface area contributed by atoms with Gasteiger partial charge in [-0.05, 0) is 18.1 Å². The molecule has 2 aromatic rings. The van der Waals surface area contributed by atoms with Crippen LogP contribution in [0.15, 0.2) is 46.3 Å². The largest absolute Gasteiger partial charge is 0.274 e. The van der Waals surface area contributed by atoms with E-state index in [2.05, 4.69) is 14.5 Å². The minimum atomic E-state index is -4.10. The molecule has 0 amide bonds. The maximum absolute atomic E-state index is 12.6. The molecule has 0 unspecified atom stereocenters. The minimum Gasteiger partial charge on any atom is -0.274 e. The quantitative estimate of drug-likeness (QED) is 0.758. The van der Waals surface area contributed by atoms with Crippen molar-refractivity contribution in [2.75, 3.05) is 11.3 Å². The Hall–Kier alpha value is -1.91. The normalized spacial score (nSPS) is 12.5. The summed E-state index contributed by atoms with van der Waals surface area (Å²) >= 11 is 0. The van der Waals surface area contributed by atoms with E-state index in [-0.39, 0.29) is 28.1 Å². The van der Waals surface area contributed by atoms with Crippen molar-refractivity contribution in [2.45, 2.75) is 23.6 Å². The van der Waals surface area contributed by atoms with E-state index in [0.29, 0.717) is 0 Å². The fourth-order valence-corrected chi connectivity index (χ4v) is 4.95. The lowest BCUT2D eigenvalue weighted by molar-refractivity contribution is 0.556. The molecule has 132 valence electrons. The van der Waals surface area contributed by atoms with E-state index in [4.69, 9.17) is 0 Å². The zero-order chi connectivity index (χ0) is 18.0. The molecule has 0 atom stereocenters. The fourth-order valence-electron chi connectivity index (χ4n) is 1.91. The van der Waals surface area contributed by atoms with Crippen molar-refractivity contribution in [3.63, 3.8) is 0 Å². The third-order valence-electron chi connectivity index (χ3n) is 3.06. The van der Waals surface area contributed by atoms with Gasteiger partial charge in [-0.2, -0.15) is 5.10 Å². The Morgan fingerprint density at radius 2 is 1.62 bits per heavy atom. The standard InChI is InChI=1S/C14H20N4O4S2/c1-11(2)10-15-23(19,20)12-6-4-5-7-13(12)24(21,22)17-14-8-9-18(3)16-14/h4-9,11,15H,10H2,1-3H3,(H,16,17). The van der Waals surface area contributed by atoms with E-state index in [9.17, 15) is 16.8 Å². The second-order valence-corrected chi connectivity index (χ2v) is 9.06. The van der Waals surface area contributed by atoms with Gasteiger partial charge in [0.25, 0.3) is 10.0 Å². The monoisotopic (exact) mass is 372 g/mol. The maximum atomic E-state index is 12.6. The molecule has 0 spiro atoms. The molecule has 0 saturated heterocycles. The number of anilines is 1. The summed E-state index contributed by atoms with van der Waals surface area (Å²) < 4.78 is 56.1. The van der Waals surface area contributed by atoms with Gasteiger partial charge in [-0.15, -0.1) is 0 Å². The predicted molar refractivity (Wildman–Crippen MR) is 90.5 cm³/mol. The van der Waals surface area contributed by atoms with Gasteiger partial charge in [0.2, 0.25) is 10.0 Å². The van der Waals surface area contributed by atoms with Gasteiger partial charge in [0.05, 0.1) is 0 Å². The van der Waals surface area contributed by atoms with E-state index in [1.54, 1.807) is 13.2 Å². The molecule has 1 aromatic carbocycles. The number of nitrogens with one attached hydrogen (secondary N) is 2. The van der Waals surface area contributed by atoms with Gasteiger partial charge in [0, 0.05) is 25.9 Å². The summed E-state index contributed by atoms with van der Waals surface area (Å²) in [5.41, 5.74) is 0. The molecule has 8 nitrogen and oxygen atoms in total. The van der Waals surface area contributed by atoms with Crippen molar-refractivity contribution in [1.82, 2.24) is 14.5 Å². The molecule has 24 heavy (non-hydrogen) atoms. The van der Waals surface area contributed by atoms with Crippen molar-refractivity contribution < 1.29 is 16.8 Å². The van der Waals surface area contributed by atoms with Crippen LogP contribution in [0.5, 0.6) is 0 Å². The number of benzene rings is 1. The van der Waals surface area contributed by atoms with Crippen LogP contribution < -0.4 is 9.44 Å². The highest BCUT2D eigenvalue weighted by atomic mass is 32.2. The molecule has 0 radical (unpaired) electrons. The molecule has 0 saturated carbocycles. The Labute approximate surface area is 142 Å².